The number of primary amides is 1. The van der Waals surface area contributed by atoms with E-state index in [1.807, 2.05) is 18.3 Å². The molecular weight excluding hydrogens is 282 g/mol. The van der Waals surface area contributed by atoms with Crippen molar-refractivity contribution < 1.29 is 4.79 Å². The molecule has 0 aromatic carbocycles. The van der Waals surface area contributed by atoms with Gasteiger partial charge < -0.3 is 11.1 Å². The van der Waals surface area contributed by atoms with Gasteiger partial charge in [-0.1, -0.05) is 13.0 Å². The molecule has 4 nitrogen and oxygen atoms in total. The Kier molecular flexibility index (Phi) is 6.21. The number of amides is 1. The summed E-state index contributed by atoms with van der Waals surface area (Å²) in [6.07, 6.45) is 2.95. The fourth-order valence-corrected chi connectivity index (χ4v) is 3.78. The normalized spacial score (nSPS) is 20.3. The van der Waals surface area contributed by atoms with Gasteiger partial charge in [0.2, 0.25) is 5.91 Å². The van der Waals surface area contributed by atoms with E-state index in [1.54, 1.807) is 0 Å². The summed E-state index contributed by atoms with van der Waals surface area (Å²) in [7, 11) is 0. The number of hydrogen-bond donors (Lipinski definition) is 2. The average Bonchev–Trinajstić information content (AvgIpc) is 2.94. The number of nitrogens with one attached hydrogen (secondary N) is 1. The summed E-state index contributed by atoms with van der Waals surface area (Å²) in [5.74, 6) is 0.599. The molecule has 0 bridgehead atoms. The Morgan fingerprint density at radius 1 is 1.52 bits per heavy atom. The molecule has 0 unspecified atom stereocenters. The summed E-state index contributed by atoms with van der Waals surface area (Å²) in [4.78, 5) is 15.0. The molecule has 1 aromatic rings. The molecule has 1 fully saturated rings. The van der Waals surface area contributed by atoms with Crippen LogP contribution in [0.15, 0.2) is 17.5 Å². The molecule has 1 saturated heterocycles. The van der Waals surface area contributed by atoms with Crippen molar-refractivity contribution in [3.8, 4) is 0 Å². The van der Waals surface area contributed by atoms with Crippen LogP contribution in [-0.2, 0) is 4.79 Å². The Morgan fingerprint density at radius 2 is 2.24 bits per heavy atom. The van der Waals surface area contributed by atoms with Crippen LogP contribution in [0, 0.1) is 5.92 Å². The van der Waals surface area contributed by atoms with Crippen molar-refractivity contribution in [2.75, 3.05) is 19.6 Å². The molecule has 21 heavy (non-hydrogen) atoms. The van der Waals surface area contributed by atoms with E-state index in [0.29, 0.717) is 12.5 Å². The lowest BCUT2D eigenvalue weighted by molar-refractivity contribution is -0.118. The third-order valence-electron chi connectivity index (χ3n) is 4.30. The Bertz CT molecular complexity index is 427. The highest BCUT2D eigenvalue weighted by Crippen LogP contribution is 2.29. The van der Waals surface area contributed by atoms with E-state index >= 15 is 0 Å². The van der Waals surface area contributed by atoms with Crippen LogP contribution in [0.1, 0.15) is 44.0 Å². The Balaban J connectivity index is 1.95. The number of piperidine rings is 1. The summed E-state index contributed by atoms with van der Waals surface area (Å²) < 4.78 is 0. The SMILES string of the molecule is CC1CCN([C@@H](CN[C@H](C)CC(N)=O)c2cccs2)CC1. The van der Waals surface area contributed by atoms with Gasteiger partial charge in [0.1, 0.15) is 0 Å². The van der Waals surface area contributed by atoms with Gasteiger partial charge in [0.15, 0.2) is 0 Å². The maximum atomic E-state index is 11.0. The van der Waals surface area contributed by atoms with E-state index < -0.39 is 0 Å². The van der Waals surface area contributed by atoms with Crippen molar-refractivity contribution in [2.24, 2.45) is 11.7 Å². The van der Waals surface area contributed by atoms with Crippen LogP contribution in [0.4, 0.5) is 0 Å². The molecule has 1 aliphatic heterocycles. The highest BCUT2D eigenvalue weighted by Gasteiger charge is 2.25. The maximum absolute atomic E-state index is 11.0. The van der Waals surface area contributed by atoms with Crippen LogP contribution in [0.3, 0.4) is 0 Å². The minimum Gasteiger partial charge on any atom is -0.370 e. The number of hydrogen-bond acceptors (Lipinski definition) is 4. The lowest BCUT2D eigenvalue weighted by atomic mass is 9.97. The van der Waals surface area contributed by atoms with Gasteiger partial charge in [-0.15, -0.1) is 11.3 Å². The second-order valence-electron chi connectivity index (χ2n) is 6.23. The van der Waals surface area contributed by atoms with E-state index in [-0.39, 0.29) is 11.9 Å². The molecule has 118 valence electrons. The first kappa shape index (κ1) is 16.5. The average molecular weight is 309 g/mol. The van der Waals surface area contributed by atoms with E-state index in [1.165, 1.54) is 17.7 Å². The predicted molar refractivity (Wildman–Crippen MR) is 88.3 cm³/mol. The minimum absolute atomic E-state index is 0.133. The van der Waals surface area contributed by atoms with Gasteiger partial charge in [-0.25, -0.2) is 0 Å². The van der Waals surface area contributed by atoms with E-state index in [4.69, 9.17) is 5.73 Å². The van der Waals surface area contributed by atoms with Crippen molar-refractivity contribution in [3.05, 3.63) is 22.4 Å². The van der Waals surface area contributed by atoms with Crippen molar-refractivity contribution in [1.82, 2.24) is 10.2 Å². The monoisotopic (exact) mass is 309 g/mol. The summed E-state index contributed by atoms with van der Waals surface area (Å²) >= 11 is 1.82. The topological polar surface area (TPSA) is 58.4 Å². The largest absolute Gasteiger partial charge is 0.370 e. The zero-order valence-corrected chi connectivity index (χ0v) is 13.9. The molecule has 2 rings (SSSR count). The second kappa shape index (κ2) is 7.92. The van der Waals surface area contributed by atoms with Gasteiger partial charge in [-0.05, 0) is 50.2 Å². The highest BCUT2D eigenvalue weighted by molar-refractivity contribution is 7.10. The molecule has 0 saturated carbocycles. The van der Waals surface area contributed by atoms with Crippen LogP contribution in [0.5, 0.6) is 0 Å². The summed E-state index contributed by atoms with van der Waals surface area (Å²) in [6, 6.07) is 4.88. The third kappa shape index (κ3) is 5.09. The molecule has 0 aliphatic carbocycles. The summed E-state index contributed by atoms with van der Waals surface area (Å²) in [6.45, 7) is 7.56. The number of thiophene rings is 1. The quantitative estimate of drug-likeness (QED) is 0.813. The molecule has 0 radical (unpaired) electrons. The summed E-state index contributed by atoms with van der Waals surface area (Å²) in [5, 5.41) is 5.62. The predicted octanol–water partition coefficient (Wildman–Crippen LogP) is 2.37. The van der Waals surface area contributed by atoms with Crippen molar-refractivity contribution in [1.29, 1.82) is 0 Å². The highest BCUT2D eigenvalue weighted by atomic mass is 32.1. The van der Waals surface area contributed by atoms with Crippen LogP contribution >= 0.6 is 11.3 Å². The number of carbonyl (C=O) groups is 1. The first-order valence-corrected chi connectivity index (χ1v) is 8.73. The van der Waals surface area contributed by atoms with Gasteiger partial charge >= 0.3 is 0 Å². The molecule has 1 aliphatic rings. The zero-order valence-electron chi connectivity index (χ0n) is 13.0. The first-order chi connectivity index (χ1) is 10.1. The van der Waals surface area contributed by atoms with Crippen molar-refractivity contribution in [2.45, 2.75) is 45.2 Å². The van der Waals surface area contributed by atoms with E-state index in [9.17, 15) is 4.79 Å². The number of likely N-dealkylation sites (tertiary alicyclic amines) is 1. The fraction of sp³-hybridized carbons (Fsp3) is 0.688. The lowest BCUT2D eigenvalue weighted by Crippen LogP contribution is -2.42. The van der Waals surface area contributed by atoms with Gasteiger partial charge in [-0.2, -0.15) is 0 Å². The van der Waals surface area contributed by atoms with Crippen LogP contribution in [-0.4, -0.2) is 36.5 Å². The van der Waals surface area contributed by atoms with Crippen molar-refractivity contribution in [3.63, 3.8) is 0 Å². The Morgan fingerprint density at radius 3 is 2.81 bits per heavy atom. The standard InChI is InChI=1S/C16H27N3OS/c1-12-5-7-19(8-6-12)14(15-4-3-9-21-15)11-18-13(2)10-16(17)20/h3-4,9,12-14,18H,5-8,10-11H2,1-2H3,(H2,17,20)/t13-,14+/m1/s1. The van der Waals surface area contributed by atoms with E-state index in [0.717, 1.165) is 25.6 Å². The first-order valence-electron chi connectivity index (χ1n) is 7.85. The molecule has 1 aromatic heterocycles. The summed E-state index contributed by atoms with van der Waals surface area (Å²) in [5.41, 5.74) is 5.27. The number of carbonyl (C=O) groups excluding carboxylic acids is 1. The molecule has 2 heterocycles. The minimum atomic E-state index is -0.241. The Hall–Kier alpha value is -0.910. The third-order valence-corrected chi connectivity index (χ3v) is 5.27. The van der Waals surface area contributed by atoms with Crippen LogP contribution in [0.25, 0.3) is 0 Å². The van der Waals surface area contributed by atoms with Crippen LogP contribution in [0.2, 0.25) is 0 Å². The smallest absolute Gasteiger partial charge is 0.218 e. The van der Waals surface area contributed by atoms with Gasteiger partial charge in [-0.3, -0.25) is 9.69 Å². The molecule has 1 amide bonds. The molecule has 3 N–H and O–H groups in total. The molecular formula is C16H27N3OS. The maximum Gasteiger partial charge on any atom is 0.218 e. The van der Waals surface area contributed by atoms with Crippen LogP contribution < -0.4 is 11.1 Å². The molecule has 0 spiro atoms. The van der Waals surface area contributed by atoms with Gasteiger partial charge in [0.25, 0.3) is 0 Å². The Labute approximate surface area is 131 Å². The van der Waals surface area contributed by atoms with E-state index in [2.05, 4.69) is 34.7 Å². The second-order valence-corrected chi connectivity index (χ2v) is 7.21. The zero-order chi connectivity index (χ0) is 15.2. The van der Waals surface area contributed by atoms with Gasteiger partial charge in [0.05, 0.1) is 6.04 Å². The molecule has 2 atom stereocenters. The lowest BCUT2D eigenvalue weighted by Gasteiger charge is -2.37. The fourth-order valence-electron chi connectivity index (χ4n) is 2.92. The number of nitrogens with zero attached hydrogens (tertiary/aromatic N) is 1. The molecule has 5 heteroatoms. The van der Waals surface area contributed by atoms with Crippen molar-refractivity contribution >= 4 is 17.2 Å². The van der Waals surface area contributed by atoms with Gasteiger partial charge in [0, 0.05) is 23.9 Å². The number of rotatable bonds is 7. The number of nitrogens with two attached hydrogens (primary N) is 1.